The Kier molecular flexibility index (Phi) is 4.96. The molecule has 0 unspecified atom stereocenters. The smallest absolute Gasteiger partial charge is 0.277 e. The number of anilines is 1. The van der Waals surface area contributed by atoms with E-state index in [-0.39, 0.29) is 22.5 Å². The van der Waals surface area contributed by atoms with Crippen LogP contribution >= 0.6 is 0 Å². The van der Waals surface area contributed by atoms with Gasteiger partial charge >= 0.3 is 0 Å². The molecule has 31 heavy (non-hydrogen) atoms. The van der Waals surface area contributed by atoms with Gasteiger partial charge < -0.3 is 9.88 Å². The standard InChI is InChI=1S/C22H20F3N5O/c1-11(13-5-4-6-14(17(13)23)19(24)25)27-20-15-9-16(22(10-26)7-8-22)30(3)21(31)18(15)28-12(2)29-20/h4-6,9,11,19H,7-8H2,1-3H3,(H,27,28,29)/t11-/m1/s1. The van der Waals surface area contributed by atoms with Gasteiger partial charge in [-0.25, -0.2) is 23.1 Å². The van der Waals surface area contributed by atoms with E-state index in [1.165, 1.54) is 16.7 Å². The number of aromatic nitrogens is 3. The second-order valence-corrected chi connectivity index (χ2v) is 7.89. The summed E-state index contributed by atoms with van der Waals surface area (Å²) in [5.74, 6) is -0.370. The number of rotatable bonds is 5. The summed E-state index contributed by atoms with van der Waals surface area (Å²) in [6.45, 7) is 3.24. The second-order valence-electron chi connectivity index (χ2n) is 7.89. The Morgan fingerprint density at radius 3 is 2.55 bits per heavy atom. The Bertz CT molecular complexity index is 1290. The molecule has 1 atom stereocenters. The van der Waals surface area contributed by atoms with Crippen LogP contribution in [0.5, 0.6) is 0 Å². The van der Waals surface area contributed by atoms with Gasteiger partial charge in [0.15, 0.2) is 0 Å². The van der Waals surface area contributed by atoms with Gasteiger partial charge in [-0.3, -0.25) is 4.79 Å². The molecule has 1 N–H and O–H groups in total. The summed E-state index contributed by atoms with van der Waals surface area (Å²) in [5.41, 5.74) is -0.947. The van der Waals surface area contributed by atoms with E-state index >= 15 is 0 Å². The third-order valence-electron chi connectivity index (χ3n) is 5.77. The highest BCUT2D eigenvalue weighted by Crippen LogP contribution is 2.47. The molecule has 1 aliphatic rings. The first-order valence-corrected chi connectivity index (χ1v) is 9.81. The van der Waals surface area contributed by atoms with Crippen molar-refractivity contribution in [3.8, 4) is 6.07 Å². The van der Waals surface area contributed by atoms with Crippen LogP contribution in [0.25, 0.3) is 10.9 Å². The van der Waals surface area contributed by atoms with Gasteiger partial charge in [-0.15, -0.1) is 0 Å². The number of hydrogen-bond donors (Lipinski definition) is 1. The van der Waals surface area contributed by atoms with E-state index in [4.69, 9.17) is 0 Å². The Labute approximate surface area is 176 Å². The van der Waals surface area contributed by atoms with Crippen molar-refractivity contribution in [2.24, 2.45) is 7.05 Å². The average molecular weight is 427 g/mol. The zero-order valence-electron chi connectivity index (χ0n) is 17.2. The van der Waals surface area contributed by atoms with Crippen LogP contribution in [-0.4, -0.2) is 14.5 Å². The maximum Gasteiger partial charge on any atom is 0.277 e. The first-order chi connectivity index (χ1) is 14.7. The van der Waals surface area contributed by atoms with E-state index in [0.717, 1.165) is 6.07 Å². The van der Waals surface area contributed by atoms with Crippen molar-refractivity contribution in [3.05, 3.63) is 63.1 Å². The van der Waals surface area contributed by atoms with Gasteiger partial charge in [0.25, 0.3) is 12.0 Å². The van der Waals surface area contributed by atoms with Crippen LogP contribution < -0.4 is 10.9 Å². The van der Waals surface area contributed by atoms with Crippen molar-refractivity contribution in [1.29, 1.82) is 5.26 Å². The van der Waals surface area contributed by atoms with Crippen molar-refractivity contribution in [3.63, 3.8) is 0 Å². The third-order valence-corrected chi connectivity index (χ3v) is 5.77. The molecule has 3 aromatic rings. The summed E-state index contributed by atoms with van der Waals surface area (Å²) in [6, 6.07) is 7.13. The number of nitrogens with one attached hydrogen (secondary N) is 1. The van der Waals surface area contributed by atoms with Crippen LogP contribution in [0.3, 0.4) is 0 Å². The molecule has 1 saturated carbocycles. The minimum Gasteiger partial charge on any atom is -0.363 e. The van der Waals surface area contributed by atoms with E-state index in [9.17, 15) is 23.2 Å². The molecular weight excluding hydrogens is 407 g/mol. The van der Waals surface area contributed by atoms with E-state index < -0.39 is 29.3 Å². The molecular formula is C22H20F3N5O. The second kappa shape index (κ2) is 7.38. The van der Waals surface area contributed by atoms with Gasteiger partial charge in [-0.1, -0.05) is 18.2 Å². The number of pyridine rings is 1. The first kappa shape index (κ1) is 20.8. The summed E-state index contributed by atoms with van der Waals surface area (Å²) in [4.78, 5) is 21.6. The molecule has 0 aliphatic heterocycles. The minimum absolute atomic E-state index is 0.0574. The normalized spacial score (nSPS) is 15.7. The lowest BCUT2D eigenvalue weighted by Crippen LogP contribution is -2.26. The minimum atomic E-state index is -2.93. The van der Waals surface area contributed by atoms with E-state index in [0.29, 0.717) is 29.7 Å². The Morgan fingerprint density at radius 1 is 1.26 bits per heavy atom. The predicted molar refractivity (Wildman–Crippen MR) is 109 cm³/mol. The quantitative estimate of drug-likeness (QED) is 0.651. The fraction of sp³-hybridized carbons (Fsp3) is 0.364. The number of halogens is 3. The highest BCUT2D eigenvalue weighted by atomic mass is 19.3. The number of alkyl halides is 2. The summed E-state index contributed by atoms with van der Waals surface area (Å²) < 4.78 is 42.2. The van der Waals surface area contributed by atoms with Crippen molar-refractivity contribution in [2.45, 2.75) is 44.6 Å². The molecule has 1 fully saturated rings. The fourth-order valence-electron chi connectivity index (χ4n) is 3.86. The number of hydrogen-bond acceptors (Lipinski definition) is 5. The van der Waals surface area contributed by atoms with Crippen LogP contribution in [0.1, 0.15) is 54.9 Å². The van der Waals surface area contributed by atoms with Gasteiger partial charge in [0, 0.05) is 18.3 Å². The molecule has 9 heteroatoms. The zero-order valence-corrected chi connectivity index (χ0v) is 17.2. The Balaban J connectivity index is 1.84. The van der Waals surface area contributed by atoms with Gasteiger partial charge in [0.2, 0.25) is 0 Å². The summed E-state index contributed by atoms with van der Waals surface area (Å²) in [5, 5.41) is 13.0. The topological polar surface area (TPSA) is 83.6 Å². The van der Waals surface area contributed by atoms with Crippen molar-refractivity contribution >= 4 is 16.7 Å². The van der Waals surface area contributed by atoms with Gasteiger partial charge in [0.05, 0.1) is 28.5 Å². The molecule has 0 amide bonds. The van der Waals surface area contributed by atoms with Crippen LogP contribution in [0.15, 0.2) is 29.1 Å². The maximum absolute atomic E-state index is 14.6. The molecule has 6 nitrogen and oxygen atoms in total. The number of nitriles is 1. The van der Waals surface area contributed by atoms with Gasteiger partial charge in [-0.2, -0.15) is 5.26 Å². The highest BCUT2D eigenvalue weighted by Gasteiger charge is 2.47. The lowest BCUT2D eigenvalue weighted by molar-refractivity contribution is 0.146. The molecule has 0 bridgehead atoms. The van der Waals surface area contributed by atoms with Crippen molar-refractivity contribution in [1.82, 2.24) is 14.5 Å². The molecule has 160 valence electrons. The van der Waals surface area contributed by atoms with Crippen LogP contribution in [0.4, 0.5) is 19.0 Å². The van der Waals surface area contributed by atoms with E-state index in [1.54, 1.807) is 27.0 Å². The lowest BCUT2D eigenvalue weighted by atomic mass is 10.0. The Morgan fingerprint density at radius 2 is 1.94 bits per heavy atom. The monoisotopic (exact) mass is 427 g/mol. The largest absolute Gasteiger partial charge is 0.363 e. The Hall–Kier alpha value is -3.41. The van der Waals surface area contributed by atoms with Gasteiger partial charge in [-0.05, 0) is 32.8 Å². The molecule has 4 rings (SSSR count). The number of aryl methyl sites for hydroxylation is 1. The molecule has 1 aliphatic carbocycles. The zero-order chi connectivity index (χ0) is 22.5. The van der Waals surface area contributed by atoms with Gasteiger partial charge in [0.1, 0.15) is 23.0 Å². The summed E-state index contributed by atoms with van der Waals surface area (Å²) >= 11 is 0. The predicted octanol–water partition coefficient (Wildman–Crippen LogP) is 4.44. The third kappa shape index (κ3) is 3.42. The molecule has 0 saturated heterocycles. The highest BCUT2D eigenvalue weighted by molar-refractivity contribution is 5.89. The van der Waals surface area contributed by atoms with Crippen LogP contribution in [0.2, 0.25) is 0 Å². The molecule has 0 radical (unpaired) electrons. The fourth-order valence-corrected chi connectivity index (χ4v) is 3.86. The van der Waals surface area contributed by atoms with Crippen LogP contribution in [-0.2, 0) is 12.5 Å². The average Bonchev–Trinajstić information content (AvgIpc) is 3.52. The number of benzene rings is 1. The molecule has 1 aromatic carbocycles. The molecule has 2 heterocycles. The van der Waals surface area contributed by atoms with Crippen molar-refractivity contribution < 1.29 is 13.2 Å². The number of fused-ring (bicyclic) bond motifs is 1. The summed E-state index contributed by atoms with van der Waals surface area (Å²) in [6.07, 6.45) is -1.62. The number of nitrogens with zero attached hydrogens (tertiary/aromatic N) is 4. The molecule has 0 spiro atoms. The first-order valence-electron chi connectivity index (χ1n) is 9.81. The summed E-state index contributed by atoms with van der Waals surface area (Å²) in [7, 11) is 1.60. The molecule has 2 aromatic heterocycles. The van der Waals surface area contributed by atoms with E-state index in [1.807, 2.05) is 0 Å². The van der Waals surface area contributed by atoms with Crippen molar-refractivity contribution in [2.75, 3.05) is 5.32 Å². The lowest BCUT2D eigenvalue weighted by Gasteiger charge is -2.20. The SMILES string of the molecule is Cc1nc(N[C@H](C)c2cccc(C(F)F)c2F)c2cc(C3(C#N)CC3)n(C)c(=O)c2n1. The van der Waals surface area contributed by atoms with Crippen LogP contribution in [0, 0.1) is 24.1 Å². The van der Waals surface area contributed by atoms with E-state index in [2.05, 4.69) is 21.4 Å². The maximum atomic E-state index is 14.6.